The van der Waals surface area contributed by atoms with Gasteiger partial charge in [-0.2, -0.15) is 4.98 Å². The highest BCUT2D eigenvalue weighted by atomic mass is 16.6. The van der Waals surface area contributed by atoms with Crippen LogP contribution in [0.2, 0.25) is 0 Å². The minimum Gasteiger partial charge on any atom is -0.468 e. The van der Waals surface area contributed by atoms with Gasteiger partial charge < -0.3 is 24.8 Å². The summed E-state index contributed by atoms with van der Waals surface area (Å²) in [5, 5.41) is 0. The molecule has 1 saturated heterocycles. The van der Waals surface area contributed by atoms with Crippen LogP contribution in [0.25, 0.3) is 0 Å². The third-order valence-electron chi connectivity index (χ3n) is 3.45. The van der Waals surface area contributed by atoms with Gasteiger partial charge in [0.2, 0.25) is 0 Å². The number of anilines is 1. The lowest BCUT2D eigenvalue weighted by atomic mass is 10.3. The number of methoxy groups -OCH3 is 1. The van der Waals surface area contributed by atoms with Crippen LogP contribution in [0.15, 0.2) is 10.9 Å². The van der Waals surface area contributed by atoms with Crippen LogP contribution in [-0.4, -0.2) is 60.6 Å². The first-order valence-corrected chi connectivity index (χ1v) is 7.52. The zero-order chi connectivity index (χ0) is 16.7. The minimum absolute atomic E-state index is 0.127. The van der Waals surface area contributed by atoms with E-state index in [0.29, 0.717) is 52.3 Å². The quantitative estimate of drug-likeness (QED) is 0.737. The highest BCUT2D eigenvalue weighted by molar-refractivity contribution is 5.67. The first-order valence-electron chi connectivity index (χ1n) is 7.52. The molecular formula is C14H22N4O5. The molecule has 2 N–H and O–H groups in total. The summed E-state index contributed by atoms with van der Waals surface area (Å²) >= 11 is 0. The van der Waals surface area contributed by atoms with Crippen LogP contribution in [0, 0.1) is 0 Å². The van der Waals surface area contributed by atoms with Gasteiger partial charge in [-0.1, -0.05) is 0 Å². The summed E-state index contributed by atoms with van der Waals surface area (Å²) in [6.45, 7) is 2.93. The van der Waals surface area contributed by atoms with E-state index in [1.54, 1.807) is 4.90 Å². The number of rotatable bonds is 6. The number of hydrogen-bond donors (Lipinski definition) is 1. The Morgan fingerprint density at radius 2 is 2.13 bits per heavy atom. The number of carbonyl (C=O) groups is 1. The molecule has 1 fully saturated rings. The maximum atomic E-state index is 11.9. The molecule has 0 unspecified atom stereocenters. The normalized spacial score (nSPS) is 14.6. The van der Waals surface area contributed by atoms with E-state index in [2.05, 4.69) is 4.98 Å². The number of carbonyl (C=O) groups excluding carboxylic acids is 1. The number of ether oxygens (including phenoxy) is 3. The Labute approximate surface area is 133 Å². The summed E-state index contributed by atoms with van der Waals surface area (Å²) in [7, 11) is 1.43. The molecule has 9 nitrogen and oxygen atoms in total. The van der Waals surface area contributed by atoms with Crippen molar-refractivity contribution in [2.75, 3.05) is 45.8 Å². The van der Waals surface area contributed by atoms with E-state index in [1.807, 2.05) is 0 Å². The molecule has 2 heterocycles. The molecule has 0 spiro atoms. The fourth-order valence-electron chi connectivity index (χ4n) is 2.23. The summed E-state index contributed by atoms with van der Waals surface area (Å²) in [6.07, 6.45) is 0.964. The van der Waals surface area contributed by atoms with Crippen molar-refractivity contribution in [1.29, 1.82) is 0 Å². The van der Waals surface area contributed by atoms with Gasteiger partial charge in [-0.05, 0) is 12.8 Å². The predicted molar refractivity (Wildman–Crippen MR) is 82.4 cm³/mol. The minimum atomic E-state index is -0.322. The topological polar surface area (TPSA) is 109 Å². The standard InChI is InChI=1S/C14H22N4O5/c1-21-13-16-11(15)10-12(19)18(13)4-2-3-7-23-14(20)17-5-8-22-9-6-17/h10H,2-9,15H2,1H3. The third-order valence-corrected chi connectivity index (χ3v) is 3.45. The molecule has 1 aromatic rings. The molecule has 0 bridgehead atoms. The van der Waals surface area contributed by atoms with Gasteiger partial charge in [0.05, 0.1) is 26.9 Å². The molecular weight excluding hydrogens is 304 g/mol. The van der Waals surface area contributed by atoms with E-state index in [0.717, 1.165) is 0 Å². The molecule has 1 amide bonds. The molecule has 0 saturated carbocycles. The van der Waals surface area contributed by atoms with E-state index in [9.17, 15) is 9.59 Å². The van der Waals surface area contributed by atoms with Gasteiger partial charge in [-0.15, -0.1) is 0 Å². The molecule has 1 aliphatic heterocycles. The molecule has 9 heteroatoms. The van der Waals surface area contributed by atoms with E-state index < -0.39 is 0 Å². The van der Waals surface area contributed by atoms with Gasteiger partial charge in [0, 0.05) is 25.7 Å². The molecule has 0 radical (unpaired) electrons. The number of morpholine rings is 1. The van der Waals surface area contributed by atoms with Crippen molar-refractivity contribution >= 4 is 11.9 Å². The smallest absolute Gasteiger partial charge is 0.409 e. The second kappa shape index (κ2) is 8.37. The molecule has 1 aromatic heterocycles. The van der Waals surface area contributed by atoms with Gasteiger partial charge in [0.25, 0.3) is 5.56 Å². The molecule has 0 aliphatic carbocycles. The number of nitrogens with two attached hydrogens (primary N) is 1. The Balaban J connectivity index is 1.73. The largest absolute Gasteiger partial charge is 0.468 e. The van der Waals surface area contributed by atoms with Crippen LogP contribution in [-0.2, 0) is 16.0 Å². The van der Waals surface area contributed by atoms with Crippen molar-refractivity contribution in [2.45, 2.75) is 19.4 Å². The Hall–Kier alpha value is -2.29. The zero-order valence-corrected chi connectivity index (χ0v) is 13.2. The van der Waals surface area contributed by atoms with Crippen molar-refractivity contribution in [3.8, 4) is 6.01 Å². The highest BCUT2D eigenvalue weighted by Gasteiger charge is 2.17. The Morgan fingerprint density at radius 1 is 1.39 bits per heavy atom. The highest BCUT2D eigenvalue weighted by Crippen LogP contribution is 2.08. The van der Waals surface area contributed by atoms with E-state index in [1.165, 1.54) is 17.7 Å². The fraction of sp³-hybridized carbons (Fsp3) is 0.643. The molecule has 23 heavy (non-hydrogen) atoms. The molecule has 1 aliphatic rings. The SMILES string of the molecule is COc1nc(N)cc(=O)n1CCCCOC(=O)N1CCOCC1. The number of amides is 1. The Morgan fingerprint density at radius 3 is 2.83 bits per heavy atom. The van der Waals surface area contributed by atoms with Crippen LogP contribution in [0.1, 0.15) is 12.8 Å². The van der Waals surface area contributed by atoms with Crippen LogP contribution in [0.4, 0.5) is 10.6 Å². The summed E-state index contributed by atoms with van der Waals surface area (Å²) < 4.78 is 16.8. The average molecular weight is 326 g/mol. The zero-order valence-electron chi connectivity index (χ0n) is 13.2. The van der Waals surface area contributed by atoms with Crippen molar-refractivity contribution in [3.63, 3.8) is 0 Å². The Bertz CT molecular complexity index is 583. The lowest BCUT2D eigenvalue weighted by Crippen LogP contribution is -2.41. The molecule has 2 rings (SSSR count). The number of nitrogen functional groups attached to an aromatic ring is 1. The second-order valence-corrected chi connectivity index (χ2v) is 5.08. The number of aromatic nitrogens is 2. The molecule has 128 valence electrons. The summed E-state index contributed by atoms with van der Waals surface area (Å²) in [5.74, 6) is 0.127. The maximum absolute atomic E-state index is 11.9. The fourth-order valence-corrected chi connectivity index (χ4v) is 2.23. The molecule has 0 atom stereocenters. The van der Waals surface area contributed by atoms with Crippen molar-refractivity contribution < 1.29 is 19.0 Å². The van der Waals surface area contributed by atoms with Gasteiger partial charge in [0.15, 0.2) is 0 Å². The first-order chi connectivity index (χ1) is 11.1. The van der Waals surface area contributed by atoms with Crippen LogP contribution < -0.4 is 16.0 Å². The molecule has 0 aromatic carbocycles. The van der Waals surface area contributed by atoms with Gasteiger partial charge in [0.1, 0.15) is 5.82 Å². The van der Waals surface area contributed by atoms with Crippen LogP contribution in [0.3, 0.4) is 0 Å². The summed E-state index contributed by atoms with van der Waals surface area (Å²) in [5.41, 5.74) is 5.24. The van der Waals surface area contributed by atoms with Crippen molar-refractivity contribution in [1.82, 2.24) is 14.5 Å². The summed E-state index contributed by atoms with van der Waals surface area (Å²) in [4.78, 5) is 29.2. The first kappa shape index (κ1) is 17.1. The lowest BCUT2D eigenvalue weighted by molar-refractivity contribution is 0.0267. The number of unbranched alkanes of at least 4 members (excludes halogenated alkanes) is 1. The van der Waals surface area contributed by atoms with E-state index in [4.69, 9.17) is 19.9 Å². The van der Waals surface area contributed by atoms with E-state index in [-0.39, 0.29) is 23.5 Å². The second-order valence-electron chi connectivity index (χ2n) is 5.08. The summed E-state index contributed by atoms with van der Waals surface area (Å²) in [6, 6.07) is 1.43. The van der Waals surface area contributed by atoms with Gasteiger partial charge >= 0.3 is 12.1 Å². The number of nitrogens with zero attached hydrogens (tertiary/aromatic N) is 3. The predicted octanol–water partition coefficient (Wildman–Crippen LogP) is 0.0831. The maximum Gasteiger partial charge on any atom is 0.409 e. The number of hydrogen-bond acceptors (Lipinski definition) is 7. The van der Waals surface area contributed by atoms with Crippen LogP contribution >= 0.6 is 0 Å². The van der Waals surface area contributed by atoms with E-state index >= 15 is 0 Å². The monoisotopic (exact) mass is 326 g/mol. The van der Waals surface area contributed by atoms with Crippen molar-refractivity contribution in [2.24, 2.45) is 0 Å². The van der Waals surface area contributed by atoms with Gasteiger partial charge in [-0.3, -0.25) is 9.36 Å². The van der Waals surface area contributed by atoms with Crippen molar-refractivity contribution in [3.05, 3.63) is 16.4 Å². The van der Waals surface area contributed by atoms with Gasteiger partial charge in [-0.25, -0.2) is 4.79 Å². The Kier molecular flexibility index (Phi) is 6.21. The average Bonchev–Trinajstić information content (AvgIpc) is 2.56. The van der Waals surface area contributed by atoms with Crippen LogP contribution in [0.5, 0.6) is 6.01 Å². The third kappa shape index (κ3) is 4.85. The lowest BCUT2D eigenvalue weighted by Gasteiger charge is -2.25.